The Hall–Kier alpha value is -1.87. The molecule has 1 unspecified atom stereocenters. The third-order valence-electron chi connectivity index (χ3n) is 3.20. The first-order valence-electron chi connectivity index (χ1n) is 5.79. The van der Waals surface area contributed by atoms with Crippen molar-refractivity contribution in [2.24, 2.45) is 5.73 Å². The van der Waals surface area contributed by atoms with Gasteiger partial charge in [-0.1, -0.05) is 30.3 Å². The topological polar surface area (TPSA) is 46.3 Å². The van der Waals surface area contributed by atoms with E-state index in [4.69, 9.17) is 5.73 Å². The normalized spacial score (nSPS) is 20.2. The van der Waals surface area contributed by atoms with Crippen molar-refractivity contribution in [1.82, 2.24) is 0 Å². The van der Waals surface area contributed by atoms with Crippen LogP contribution in [0.3, 0.4) is 0 Å². The number of hydrogen-bond acceptors (Lipinski definition) is 2. The Morgan fingerprint density at radius 3 is 2.59 bits per heavy atom. The van der Waals surface area contributed by atoms with Crippen molar-refractivity contribution < 1.29 is 4.79 Å². The van der Waals surface area contributed by atoms with Crippen LogP contribution < -0.4 is 10.6 Å². The molecule has 17 heavy (non-hydrogen) atoms. The predicted octanol–water partition coefficient (Wildman–Crippen LogP) is 1.90. The summed E-state index contributed by atoms with van der Waals surface area (Å²) in [6.07, 6.45) is 0.451. The second kappa shape index (κ2) is 3.86. The predicted molar refractivity (Wildman–Crippen MR) is 68.9 cm³/mol. The van der Waals surface area contributed by atoms with Crippen molar-refractivity contribution in [3.63, 3.8) is 0 Å². The van der Waals surface area contributed by atoms with E-state index in [2.05, 4.69) is 12.1 Å². The van der Waals surface area contributed by atoms with Crippen LogP contribution in [0.5, 0.6) is 0 Å². The van der Waals surface area contributed by atoms with Crippen LogP contribution in [0.25, 0.3) is 10.8 Å². The zero-order chi connectivity index (χ0) is 11.8. The summed E-state index contributed by atoms with van der Waals surface area (Å²) in [7, 11) is 0. The Bertz CT molecular complexity index is 579. The van der Waals surface area contributed by atoms with Gasteiger partial charge in [0.25, 0.3) is 0 Å². The molecule has 0 radical (unpaired) electrons. The Morgan fingerprint density at radius 1 is 1.12 bits per heavy atom. The van der Waals surface area contributed by atoms with E-state index in [1.54, 1.807) is 4.90 Å². The quantitative estimate of drug-likeness (QED) is 0.807. The van der Waals surface area contributed by atoms with Gasteiger partial charge in [0, 0.05) is 24.7 Å². The molecular formula is C14H14N2O. The molecule has 3 rings (SSSR count). The van der Waals surface area contributed by atoms with Gasteiger partial charge in [-0.15, -0.1) is 0 Å². The maximum Gasteiger partial charge on any atom is 0.228 e. The lowest BCUT2D eigenvalue weighted by Crippen LogP contribution is -2.27. The minimum Gasteiger partial charge on any atom is -0.326 e. The van der Waals surface area contributed by atoms with Crippen molar-refractivity contribution in [3.8, 4) is 0 Å². The first kappa shape index (κ1) is 10.3. The standard InChI is InChI=1S/C14H14N2O/c15-12-8-14(17)16(9-12)13-6-5-10-3-1-2-4-11(10)7-13/h1-7,12H,8-9,15H2. The van der Waals surface area contributed by atoms with Gasteiger partial charge >= 0.3 is 0 Å². The van der Waals surface area contributed by atoms with Gasteiger partial charge in [0.15, 0.2) is 0 Å². The molecule has 2 aromatic carbocycles. The average molecular weight is 226 g/mol. The average Bonchev–Trinajstić information content (AvgIpc) is 2.68. The SMILES string of the molecule is NC1CC(=O)N(c2ccc3ccccc3c2)C1. The van der Waals surface area contributed by atoms with Crippen LogP contribution in [0.4, 0.5) is 5.69 Å². The highest BCUT2D eigenvalue weighted by Gasteiger charge is 2.27. The molecule has 1 aliphatic rings. The van der Waals surface area contributed by atoms with E-state index in [0.717, 1.165) is 11.1 Å². The number of rotatable bonds is 1. The Morgan fingerprint density at radius 2 is 1.88 bits per heavy atom. The fourth-order valence-corrected chi connectivity index (χ4v) is 2.33. The molecule has 2 aromatic rings. The lowest BCUT2D eigenvalue weighted by molar-refractivity contribution is -0.117. The van der Waals surface area contributed by atoms with E-state index >= 15 is 0 Å². The number of nitrogens with two attached hydrogens (primary N) is 1. The van der Waals surface area contributed by atoms with Crippen molar-refractivity contribution in [1.29, 1.82) is 0 Å². The fourth-order valence-electron chi connectivity index (χ4n) is 2.33. The van der Waals surface area contributed by atoms with Gasteiger partial charge in [0.05, 0.1) is 0 Å². The molecule has 3 nitrogen and oxygen atoms in total. The van der Waals surface area contributed by atoms with Crippen molar-refractivity contribution in [2.45, 2.75) is 12.5 Å². The summed E-state index contributed by atoms with van der Waals surface area (Å²) < 4.78 is 0. The first-order valence-corrected chi connectivity index (χ1v) is 5.79. The van der Waals surface area contributed by atoms with Crippen molar-refractivity contribution in [2.75, 3.05) is 11.4 Å². The maximum absolute atomic E-state index is 11.8. The number of hydrogen-bond donors (Lipinski definition) is 1. The Kier molecular flexibility index (Phi) is 2.34. The molecule has 1 fully saturated rings. The van der Waals surface area contributed by atoms with Gasteiger partial charge in [-0.2, -0.15) is 0 Å². The summed E-state index contributed by atoms with van der Waals surface area (Å²) in [6, 6.07) is 14.2. The third-order valence-corrected chi connectivity index (χ3v) is 3.20. The van der Waals surface area contributed by atoms with Crippen molar-refractivity contribution >= 4 is 22.4 Å². The molecule has 1 atom stereocenters. The second-order valence-corrected chi connectivity index (χ2v) is 4.50. The third kappa shape index (κ3) is 1.78. The Balaban J connectivity index is 2.03. The van der Waals surface area contributed by atoms with E-state index in [1.807, 2.05) is 30.3 Å². The summed E-state index contributed by atoms with van der Waals surface area (Å²) in [6.45, 7) is 0.622. The molecular weight excluding hydrogens is 212 g/mol. The number of fused-ring (bicyclic) bond motifs is 1. The lowest BCUT2D eigenvalue weighted by Gasteiger charge is -2.16. The second-order valence-electron chi connectivity index (χ2n) is 4.50. The van der Waals surface area contributed by atoms with E-state index in [9.17, 15) is 4.79 Å². The van der Waals surface area contributed by atoms with Gasteiger partial charge in [0.1, 0.15) is 0 Å². The van der Waals surface area contributed by atoms with Crippen LogP contribution >= 0.6 is 0 Å². The number of anilines is 1. The molecule has 3 heteroatoms. The minimum absolute atomic E-state index is 0.0334. The van der Waals surface area contributed by atoms with Gasteiger partial charge < -0.3 is 10.6 Å². The Labute approximate surface area is 99.8 Å². The monoisotopic (exact) mass is 226 g/mol. The van der Waals surface area contributed by atoms with E-state index in [0.29, 0.717) is 13.0 Å². The van der Waals surface area contributed by atoms with Crippen LogP contribution in [0.15, 0.2) is 42.5 Å². The summed E-state index contributed by atoms with van der Waals surface area (Å²) >= 11 is 0. The van der Waals surface area contributed by atoms with Gasteiger partial charge in [-0.25, -0.2) is 0 Å². The smallest absolute Gasteiger partial charge is 0.228 e. The molecule has 86 valence electrons. The van der Waals surface area contributed by atoms with Crippen LogP contribution in [0.2, 0.25) is 0 Å². The minimum atomic E-state index is -0.0334. The molecule has 1 heterocycles. The molecule has 1 saturated heterocycles. The molecule has 0 aromatic heterocycles. The number of carbonyl (C=O) groups is 1. The molecule has 0 aliphatic carbocycles. The highest BCUT2D eigenvalue weighted by atomic mass is 16.2. The zero-order valence-electron chi connectivity index (χ0n) is 9.47. The van der Waals surface area contributed by atoms with Crippen LogP contribution in [0.1, 0.15) is 6.42 Å². The number of carbonyl (C=O) groups excluding carboxylic acids is 1. The van der Waals surface area contributed by atoms with Crippen LogP contribution in [-0.4, -0.2) is 18.5 Å². The molecule has 0 bridgehead atoms. The molecule has 0 saturated carbocycles. The zero-order valence-corrected chi connectivity index (χ0v) is 9.47. The lowest BCUT2D eigenvalue weighted by atomic mass is 10.1. The van der Waals surface area contributed by atoms with Gasteiger partial charge in [0.2, 0.25) is 5.91 Å². The van der Waals surface area contributed by atoms with Crippen LogP contribution in [-0.2, 0) is 4.79 Å². The largest absolute Gasteiger partial charge is 0.326 e. The summed E-state index contributed by atoms with van der Waals surface area (Å²) in [5.74, 6) is 0.118. The highest BCUT2D eigenvalue weighted by molar-refractivity contribution is 5.98. The van der Waals surface area contributed by atoms with E-state index in [-0.39, 0.29) is 11.9 Å². The summed E-state index contributed by atoms with van der Waals surface area (Å²) in [5.41, 5.74) is 6.75. The first-order chi connectivity index (χ1) is 8.24. The summed E-state index contributed by atoms with van der Waals surface area (Å²) in [5, 5.41) is 2.34. The maximum atomic E-state index is 11.8. The highest BCUT2D eigenvalue weighted by Crippen LogP contribution is 2.25. The van der Waals surface area contributed by atoms with Crippen molar-refractivity contribution in [3.05, 3.63) is 42.5 Å². The molecule has 2 N–H and O–H groups in total. The molecule has 0 spiro atoms. The fraction of sp³-hybridized carbons (Fsp3) is 0.214. The molecule has 1 aliphatic heterocycles. The van der Waals surface area contributed by atoms with Crippen LogP contribution in [0, 0.1) is 0 Å². The summed E-state index contributed by atoms with van der Waals surface area (Å²) in [4.78, 5) is 13.5. The van der Waals surface area contributed by atoms with E-state index in [1.165, 1.54) is 5.39 Å². The number of amides is 1. The van der Waals surface area contributed by atoms with Gasteiger partial charge in [-0.05, 0) is 22.9 Å². The van der Waals surface area contributed by atoms with Gasteiger partial charge in [-0.3, -0.25) is 4.79 Å². The van der Waals surface area contributed by atoms with E-state index < -0.39 is 0 Å². The number of nitrogens with zero attached hydrogens (tertiary/aromatic N) is 1. The number of benzene rings is 2. The molecule has 1 amide bonds.